The van der Waals surface area contributed by atoms with Gasteiger partial charge in [-0.3, -0.25) is 0 Å². The van der Waals surface area contributed by atoms with Gasteiger partial charge in [0.15, 0.2) is 6.29 Å². The smallest absolute Gasteiger partial charge is 0.187 e. The first-order valence-corrected chi connectivity index (χ1v) is 12.7. The van der Waals surface area contributed by atoms with E-state index in [9.17, 15) is 20.4 Å². The number of hydrogen-bond donors (Lipinski definition) is 4. The van der Waals surface area contributed by atoms with Crippen LogP contribution in [0.1, 0.15) is 92.4 Å². The van der Waals surface area contributed by atoms with E-state index in [4.69, 9.17) is 9.47 Å². The van der Waals surface area contributed by atoms with Crippen molar-refractivity contribution in [2.24, 2.45) is 17.8 Å². The van der Waals surface area contributed by atoms with Crippen molar-refractivity contribution >= 4 is 0 Å². The summed E-state index contributed by atoms with van der Waals surface area (Å²) in [6.07, 6.45) is 7.27. The molecule has 1 saturated heterocycles. The molecule has 0 aliphatic carbocycles. The second kappa shape index (κ2) is 16.2. The van der Waals surface area contributed by atoms with Crippen molar-refractivity contribution in [3.63, 3.8) is 0 Å². The van der Waals surface area contributed by atoms with Gasteiger partial charge in [0.1, 0.15) is 24.4 Å². The lowest BCUT2D eigenvalue weighted by Gasteiger charge is -2.39. The highest BCUT2D eigenvalue weighted by Crippen LogP contribution is 2.23. The molecule has 0 aromatic rings. The fourth-order valence-corrected chi connectivity index (χ4v) is 4.30. The zero-order valence-electron chi connectivity index (χ0n) is 21.1. The third-order valence-corrected chi connectivity index (χ3v) is 6.68. The van der Waals surface area contributed by atoms with Crippen LogP contribution in [0, 0.1) is 17.8 Å². The zero-order chi connectivity index (χ0) is 24.1. The van der Waals surface area contributed by atoms with Crippen molar-refractivity contribution in [2.75, 3.05) is 13.2 Å². The molecule has 0 radical (unpaired) electrons. The van der Waals surface area contributed by atoms with Crippen LogP contribution in [0.4, 0.5) is 0 Å². The normalized spacial score (nSPS) is 28.8. The Hall–Kier alpha value is -0.500. The monoisotopic (exact) mass is 458 g/mol. The molecule has 32 heavy (non-hydrogen) atoms. The molecule has 1 aliphatic rings. The maximum atomic E-state index is 10.00. The standard InChI is InChI=1S/C26H50O6/c1-18(2)9-6-10-19(3)11-7-12-20(4)13-8-14-21(5)15-16-31-26-25(30)24(29)23(28)22(17-27)32-26/h15,18-20,22-30H,6-14,16-17H2,1-5H3/t19?,20?,22-,23+,24+,25-,26?/m1/s1. The van der Waals surface area contributed by atoms with Crippen LogP contribution in [-0.4, -0.2) is 64.3 Å². The summed E-state index contributed by atoms with van der Waals surface area (Å²) < 4.78 is 10.9. The average Bonchev–Trinajstić information content (AvgIpc) is 2.73. The van der Waals surface area contributed by atoms with E-state index in [-0.39, 0.29) is 6.61 Å². The molecule has 3 unspecified atom stereocenters. The van der Waals surface area contributed by atoms with Crippen molar-refractivity contribution in [3.8, 4) is 0 Å². The SMILES string of the molecule is CC(=CCOC1O[C@H](CO)[C@H](O)[C@H](O)[C@H]1O)CCCC(C)CCCC(C)CCCC(C)C. The lowest BCUT2D eigenvalue weighted by molar-refractivity contribution is -0.298. The lowest BCUT2D eigenvalue weighted by atomic mass is 9.91. The Morgan fingerprint density at radius 2 is 1.41 bits per heavy atom. The molecule has 6 nitrogen and oxygen atoms in total. The van der Waals surface area contributed by atoms with Gasteiger partial charge in [-0.2, -0.15) is 0 Å². The van der Waals surface area contributed by atoms with Gasteiger partial charge in [0.2, 0.25) is 0 Å². The molecule has 0 aromatic carbocycles. The van der Waals surface area contributed by atoms with Crippen LogP contribution < -0.4 is 0 Å². The summed E-state index contributed by atoms with van der Waals surface area (Å²) in [4.78, 5) is 0. The van der Waals surface area contributed by atoms with Gasteiger partial charge in [-0.15, -0.1) is 0 Å². The van der Waals surface area contributed by atoms with E-state index in [1.807, 2.05) is 6.08 Å². The molecule has 0 bridgehead atoms. The molecular formula is C26H50O6. The van der Waals surface area contributed by atoms with Gasteiger partial charge < -0.3 is 29.9 Å². The van der Waals surface area contributed by atoms with E-state index < -0.39 is 37.3 Å². The third-order valence-electron chi connectivity index (χ3n) is 6.68. The summed E-state index contributed by atoms with van der Waals surface area (Å²) in [6, 6.07) is 0. The zero-order valence-corrected chi connectivity index (χ0v) is 21.1. The second-order valence-electron chi connectivity index (χ2n) is 10.4. The predicted octanol–water partition coefficient (Wildman–Crippen LogP) is 4.19. The molecule has 0 saturated carbocycles. The molecular weight excluding hydrogens is 408 g/mol. The van der Waals surface area contributed by atoms with Crippen LogP contribution in [0.5, 0.6) is 0 Å². The minimum Gasteiger partial charge on any atom is -0.394 e. The Labute approximate surface area is 196 Å². The number of ether oxygens (including phenoxy) is 2. The van der Waals surface area contributed by atoms with Crippen LogP contribution in [-0.2, 0) is 9.47 Å². The molecule has 1 heterocycles. The summed E-state index contributed by atoms with van der Waals surface area (Å²) in [7, 11) is 0. The Morgan fingerprint density at radius 1 is 0.844 bits per heavy atom. The molecule has 4 N–H and O–H groups in total. The Balaban J connectivity index is 2.17. The van der Waals surface area contributed by atoms with Gasteiger partial charge in [0, 0.05) is 0 Å². The highest BCUT2D eigenvalue weighted by Gasteiger charge is 2.43. The van der Waals surface area contributed by atoms with E-state index in [2.05, 4.69) is 34.6 Å². The molecule has 1 rings (SSSR count). The summed E-state index contributed by atoms with van der Waals surface area (Å²) in [6.45, 7) is 11.2. The Kier molecular flexibility index (Phi) is 14.9. The summed E-state index contributed by atoms with van der Waals surface area (Å²) in [5.74, 6) is 2.41. The third kappa shape index (κ3) is 11.6. The topological polar surface area (TPSA) is 99.4 Å². The summed E-state index contributed by atoms with van der Waals surface area (Å²) in [5, 5.41) is 38.8. The maximum absolute atomic E-state index is 10.00. The van der Waals surface area contributed by atoms with Gasteiger partial charge in [-0.1, -0.05) is 84.3 Å². The minimum absolute atomic E-state index is 0.249. The van der Waals surface area contributed by atoms with Crippen molar-refractivity contribution in [1.29, 1.82) is 0 Å². The van der Waals surface area contributed by atoms with Crippen LogP contribution in [0.2, 0.25) is 0 Å². The molecule has 1 fully saturated rings. The molecule has 0 spiro atoms. The predicted molar refractivity (Wildman–Crippen MR) is 128 cm³/mol. The second-order valence-corrected chi connectivity index (χ2v) is 10.4. The number of rotatable bonds is 16. The van der Waals surface area contributed by atoms with E-state index in [0.29, 0.717) is 0 Å². The maximum Gasteiger partial charge on any atom is 0.187 e. The van der Waals surface area contributed by atoms with Gasteiger partial charge in [-0.05, 0) is 37.5 Å². The molecule has 6 heteroatoms. The molecule has 0 aromatic heterocycles. The first kappa shape index (κ1) is 29.5. The van der Waals surface area contributed by atoms with E-state index in [1.165, 1.54) is 50.5 Å². The van der Waals surface area contributed by atoms with Crippen molar-refractivity contribution in [3.05, 3.63) is 11.6 Å². The van der Waals surface area contributed by atoms with Crippen molar-refractivity contribution in [2.45, 2.75) is 123 Å². The number of aliphatic hydroxyl groups excluding tert-OH is 4. The van der Waals surface area contributed by atoms with Gasteiger partial charge in [0.25, 0.3) is 0 Å². The number of aliphatic hydroxyl groups is 4. The highest BCUT2D eigenvalue weighted by molar-refractivity contribution is 4.98. The lowest BCUT2D eigenvalue weighted by Crippen LogP contribution is -2.59. The Bertz CT molecular complexity index is 507. The summed E-state index contributed by atoms with van der Waals surface area (Å²) >= 11 is 0. The van der Waals surface area contributed by atoms with Crippen LogP contribution >= 0.6 is 0 Å². The molecule has 7 atom stereocenters. The number of hydrogen-bond acceptors (Lipinski definition) is 6. The fraction of sp³-hybridized carbons (Fsp3) is 0.923. The van der Waals surface area contributed by atoms with Crippen LogP contribution in [0.15, 0.2) is 11.6 Å². The Morgan fingerprint density at radius 3 is 1.97 bits per heavy atom. The van der Waals surface area contributed by atoms with Crippen LogP contribution in [0.3, 0.4) is 0 Å². The molecule has 190 valence electrons. The number of allylic oxidation sites excluding steroid dienone is 1. The van der Waals surface area contributed by atoms with E-state index >= 15 is 0 Å². The van der Waals surface area contributed by atoms with Crippen LogP contribution in [0.25, 0.3) is 0 Å². The van der Waals surface area contributed by atoms with Gasteiger partial charge in [-0.25, -0.2) is 0 Å². The van der Waals surface area contributed by atoms with Gasteiger partial charge in [0.05, 0.1) is 13.2 Å². The van der Waals surface area contributed by atoms with Crippen molar-refractivity contribution < 1.29 is 29.9 Å². The van der Waals surface area contributed by atoms with E-state index in [0.717, 1.165) is 30.6 Å². The van der Waals surface area contributed by atoms with Crippen molar-refractivity contribution in [1.82, 2.24) is 0 Å². The molecule has 0 amide bonds. The first-order valence-electron chi connectivity index (χ1n) is 12.7. The average molecular weight is 459 g/mol. The largest absolute Gasteiger partial charge is 0.394 e. The fourth-order valence-electron chi connectivity index (χ4n) is 4.30. The quantitative estimate of drug-likeness (QED) is 0.259. The first-order chi connectivity index (χ1) is 15.1. The van der Waals surface area contributed by atoms with Gasteiger partial charge >= 0.3 is 0 Å². The highest BCUT2D eigenvalue weighted by atomic mass is 16.7. The molecule has 1 aliphatic heterocycles. The summed E-state index contributed by atoms with van der Waals surface area (Å²) in [5.41, 5.74) is 1.22. The minimum atomic E-state index is -1.40. The van der Waals surface area contributed by atoms with E-state index in [1.54, 1.807) is 0 Å².